The van der Waals surface area contributed by atoms with Crippen LogP contribution in [-0.2, 0) is 57.6 Å². The first-order chi connectivity index (χ1) is 34.1. The molecule has 1 aliphatic rings. The summed E-state index contributed by atoms with van der Waals surface area (Å²) < 4.78 is 0. The number of para-hydroxylation sites is 1. The second-order valence-corrected chi connectivity index (χ2v) is 19.6. The summed E-state index contributed by atoms with van der Waals surface area (Å²) in [6, 6.07) is 8.80. The number of carbonyl (C=O) groups is 8. The van der Waals surface area contributed by atoms with Crippen molar-refractivity contribution < 1.29 is 38.4 Å². The van der Waals surface area contributed by atoms with E-state index in [2.05, 4.69) is 51.8 Å². The fraction of sp³-hybridized carbons (Fsp3) is 0.447. The minimum Gasteiger partial charge on any atom is -0.370 e. The number of nitrogens with zero attached hydrogens (tertiary/aromatic N) is 3. The SMILES string of the molecule is CCCC[C@H](NC(C)=O)C(=O)N1CCSSC[C@@H](C(N)=O)NC(=O)[C@H](Cc2c[nH]c3ccccc23)NC(=O)[C@H](CCCN=C(N)N)NC(=O)[C@@H](Cc2ccccc2)NC(=O)[C@H](Cc2cnc[nH]2)NC(=O)C1. The van der Waals surface area contributed by atoms with Gasteiger partial charge in [-0.3, -0.25) is 43.3 Å². The van der Waals surface area contributed by atoms with Crippen LogP contribution < -0.4 is 49.1 Å². The lowest BCUT2D eigenvalue weighted by atomic mass is 10.0. The van der Waals surface area contributed by atoms with Crippen LogP contribution in [0.4, 0.5) is 0 Å². The highest BCUT2D eigenvalue weighted by molar-refractivity contribution is 8.76. The maximum absolute atomic E-state index is 14.6. The fourth-order valence-corrected chi connectivity index (χ4v) is 9.97. The number of nitrogens with one attached hydrogen (secondary N) is 8. The van der Waals surface area contributed by atoms with E-state index in [-0.39, 0.29) is 62.7 Å². The van der Waals surface area contributed by atoms with Crippen LogP contribution in [0.3, 0.4) is 0 Å². The lowest BCUT2D eigenvalue weighted by molar-refractivity contribution is -0.140. The molecule has 1 fully saturated rings. The van der Waals surface area contributed by atoms with Gasteiger partial charge in [-0.2, -0.15) is 0 Å². The molecule has 382 valence electrons. The first-order valence-electron chi connectivity index (χ1n) is 23.3. The Kier molecular flexibility index (Phi) is 21.6. The van der Waals surface area contributed by atoms with Gasteiger partial charge < -0.3 is 64.0 Å². The van der Waals surface area contributed by atoms with Crippen LogP contribution in [0.15, 0.2) is 78.3 Å². The Morgan fingerprint density at radius 1 is 0.803 bits per heavy atom. The van der Waals surface area contributed by atoms with Crippen molar-refractivity contribution in [3.63, 3.8) is 0 Å². The molecule has 3 heterocycles. The van der Waals surface area contributed by atoms with E-state index in [0.29, 0.717) is 29.7 Å². The maximum atomic E-state index is 14.6. The summed E-state index contributed by atoms with van der Waals surface area (Å²) in [5.41, 5.74) is 19.6. The zero-order chi connectivity index (χ0) is 51.3. The standard InChI is InChI=1S/C47H64N14O8S2/c1-3-4-14-35(55-28(2)62)46(69)61-18-19-70-71-26-39(41(48)64)60-44(67)37(21-30-23-53-33-15-9-8-13-32(30)33)59-42(65)34(16-10-17-52-47(49)50)57-43(66)36(20-29-11-6-5-7-12-29)58-45(68)38(56-40(63)25-61)22-31-24-51-27-54-31/h5-9,11-13,15,23-24,27,34-39,53H,3-4,10,14,16-22,25-26H2,1-2H3,(H2,48,64)(H,51,54)(H,55,62)(H,56,63)(H,57,66)(H,58,68)(H,59,65)(H,60,67)(H4,49,50,52)/t34-,35-,36+,37-,38-,39-/m0/s1. The highest BCUT2D eigenvalue weighted by Gasteiger charge is 2.34. The Bertz CT molecular complexity index is 2470. The van der Waals surface area contributed by atoms with Gasteiger partial charge in [0.05, 0.1) is 12.9 Å². The number of rotatable bonds is 16. The number of hydrogen-bond donors (Lipinski definition) is 11. The van der Waals surface area contributed by atoms with Gasteiger partial charge in [-0.25, -0.2) is 4.98 Å². The Labute approximate surface area is 419 Å². The molecule has 22 nitrogen and oxygen atoms in total. The Hall–Kier alpha value is -7.08. The van der Waals surface area contributed by atoms with Crippen molar-refractivity contribution in [2.45, 2.75) is 101 Å². The molecule has 6 atom stereocenters. The number of guanidine groups is 1. The first kappa shape index (κ1) is 54.9. The molecule has 71 heavy (non-hydrogen) atoms. The van der Waals surface area contributed by atoms with E-state index < -0.39 is 90.1 Å². The molecule has 2 aromatic heterocycles. The Morgan fingerprint density at radius 2 is 1.46 bits per heavy atom. The fourth-order valence-electron chi connectivity index (χ4n) is 7.81. The maximum Gasteiger partial charge on any atom is 0.245 e. The predicted molar refractivity (Wildman–Crippen MR) is 272 cm³/mol. The smallest absolute Gasteiger partial charge is 0.245 e. The number of H-pyrrole nitrogens is 2. The second-order valence-electron chi connectivity index (χ2n) is 17.0. The van der Waals surface area contributed by atoms with Gasteiger partial charge in [0.25, 0.3) is 0 Å². The second kappa shape index (κ2) is 27.9. The van der Waals surface area contributed by atoms with E-state index in [1.54, 1.807) is 36.5 Å². The molecule has 0 bridgehead atoms. The molecule has 8 amide bonds. The molecule has 1 aliphatic heterocycles. The number of fused-ring (bicyclic) bond motifs is 1. The van der Waals surface area contributed by atoms with Crippen LogP contribution in [0.5, 0.6) is 0 Å². The third-order valence-electron chi connectivity index (χ3n) is 11.4. The number of benzene rings is 2. The molecular weight excluding hydrogens is 953 g/mol. The van der Waals surface area contributed by atoms with Crippen molar-refractivity contribution in [1.29, 1.82) is 0 Å². The third kappa shape index (κ3) is 17.7. The normalized spacial score (nSPS) is 20.7. The number of aliphatic imine (C=N–C) groups is 1. The topological polar surface area (TPSA) is 347 Å². The van der Waals surface area contributed by atoms with Crippen molar-refractivity contribution in [1.82, 2.24) is 51.8 Å². The van der Waals surface area contributed by atoms with Crippen LogP contribution in [-0.4, -0.2) is 140 Å². The number of hydrogen-bond acceptors (Lipinski definition) is 12. The van der Waals surface area contributed by atoms with Crippen molar-refractivity contribution in [2.24, 2.45) is 22.2 Å². The summed E-state index contributed by atoms with van der Waals surface area (Å²) in [6.07, 6.45) is 6.25. The van der Waals surface area contributed by atoms with Gasteiger partial charge in [0.15, 0.2) is 5.96 Å². The molecule has 2 aromatic carbocycles. The van der Waals surface area contributed by atoms with Gasteiger partial charge in [-0.05, 0) is 36.5 Å². The summed E-state index contributed by atoms with van der Waals surface area (Å²) in [4.78, 5) is 127. The summed E-state index contributed by atoms with van der Waals surface area (Å²) in [6.45, 7) is 2.82. The van der Waals surface area contributed by atoms with Crippen molar-refractivity contribution in [3.8, 4) is 0 Å². The van der Waals surface area contributed by atoms with Crippen LogP contribution in [0.1, 0.15) is 62.8 Å². The van der Waals surface area contributed by atoms with Gasteiger partial charge in [0.2, 0.25) is 47.3 Å². The highest BCUT2D eigenvalue weighted by Crippen LogP contribution is 2.23. The number of unbranched alkanes of at least 4 members (excludes halogenated alkanes) is 1. The summed E-state index contributed by atoms with van der Waals surface area (Å²) in [5.74, 6) is -5.50. The number of amides is 8. The van der Waals surface area contributed by atoms with E-state index in [1.807, 2.05) is 31.2 Å². The number of carbonyl (C=O) groups excluding carboxylic acids is 8. The molecule has 14 N–H and O–H groups in total. The van der Waals surface area contributed by atoms with E-state index in [1.165, 1.54) is 45.9 Å². The van der Waals surface area contributed by atoms with Crippen LogP contribution in [0, 0.1) is 0 Å². The predicted octanol–water partition coefficient (Wildman–Crippen LogP) is -0.200. The van der Waals surface area contributed by atoms with Crippen molar-refractivity contribution in [2.75, 3.05) is 31.1 Å². The number of aromatic amines is 2. The number of primary amides is 1. The number of nitrogens with two attached hydrogens (primary N) is 3. The minimum atomic E-state index is -1.33. The van der Waals surface area contributed by atoms with Gasteiger partial charge in [0, 0.05) is 79.8 Å². The van der Waals surface area contributed by atoms with Crippen molar-refractivity contribution >= 4 is 85.7 Å². The molecule has 0 spiro atoms. The summed E-state index contributed by atoms with van der Waals surface area (Å²) >= 11 is 0. The average molecular weight is 1020 g/mol. The highest BCUT2D eigenvalue weighted by atomic mass is 33.1. The van der Waals surface area contributed by atoms with E-state index >= 15 is 0 Å². The molecule has 0 aliphatic carbocycles. The van der Waals surface area contributed by atoms with E-state index in [0.717, 1.165) is 17.3 Å². The Morgan fingerprint density at radius 3 is 2.14 bits per heavy atom. The largest absolute Gasteiger partial charge is 0.370 e. The molecule has 0 saturated carbocycles. The summed E-state index contributed by atoms with van der Waals surface area (Å²) in [7, 11) is 2.43. The lowest BCUT2D eigenvalue weighted by Crippen LogP contribution is -2.60. The van der Waals surface area contributed by atoms with E-state index in [4.69, 9.17) is 17.2 Å². The first-order valence-corrected chi connectivity index (χ1v) is 25.8. The van der Waals surface area contributed by atoms with E-state index in [9.17, 15) is 38.4 Å². The average Bonchev–Trinajstić information content (AvgIpc) is 4.01. The number of imidazole rings is 1. The molecule has 1 saturated heterocycles. The molecule has 24 heteroatoms. The quantitative estimate of drug-likeness (QED) is 0.0300. The monoisotopic (exact) mass is 1020 g/mol. The molecule has 4 aromatic rings. The zero-order valence-corrected chi connectivity index (χ0v) is 41.4. The molecule has 0 unspecified atom stereocenters. The van der Waals surface area contributed by atoms with Crippen molar-refractivity contribution in [3.05, 3.63) is 90.1 Å². The molecule has 0 radical (unpaired) electrons. The van der Waals surface area contributed by atoms with Gasteiger partial charge in [-0.15, -0.1) is 0 Å². The van der Waals surface area contributed by atoms with Crippen LogP contribution in [0.2, 0.25) is 0 Å². The summed E-state index contributed by atoms with van der Waals surface area (Å²) in [5, 5.41) is 17.3. The van der Waals surface area contributed by atoms with Crippen LogP contribution >= 0.6 is 21.6 Å². The van der Waals surface area contributed by atoms with Gasteiger partial charge in [0.1, 0.15) is 36.3 Å². The zero-order valence-electron chi connectivity index (χ0n) is 39.7. The third-order valence-corrected chi connectivity index (χ3v) is 13.8. The van der Waals surface area contributed by atoms with Crippen LogP contribution in [0.25, 0.3) is 10.9 Å². The van der Waals surface area contributed by atoms with Gasteiger partial charge >= 0.3 is 0 Å². The lowest BCUT2D eigenvalue weighted by Gasteiger charge is -2.29. The minimum absolute atomic E-state index is 0.00229. The number of aromatic nitrogens is 3. The van der Waals surface area contributed by atoms with Gasteiger partial charge in [-0.1, -0.05) is 89.9 Å². The Balaban J connectivity index is 1.55. The molecular formula is C47H64N14O8S2. The molecule has 5 rings (SSSR count).